The van der Waals surface area contributed by atoms with Gasteiger partial charge in [0.1, 0.15) is 11.5 Å². The molecule has 0 saturated carbocycles. The van der Waals surface area contributed by atoms with Crippen molar-refractivity contribution in [2.75, 3.05) is 32.6 Å². The van der Waals surface area contributed by atoms with Crippen LogP contribution in [-0.2, 0) is 21.2 Å². The van der Waals surface area contributed by atoms with Gasteiger partial charge in [-0.3, -0.25) is 4.79 Å². The molecule has 2 aromatic rings. The second-order valence-corrected chi connectivity index (χ2v) is 9.71. The van der Waals surface area contributed by atoms with Crippen LogP contribution in [0.2, 0.25) is 5.02 Å². The first kappa shape index (κ1) is 23.4. The zero-order valence-corrected chi connectivity index (χ0v) is 19.3. The molecule has 1 aliphatic heterocycles. The molecule has 1 N–H and O–H groups in total. The minimum Gasteiger partial charge on any atom is -0.496 e. The fourth-order valence-corrected chi connectivity index (χ4v) is 5.34. The van der Waals surface area contributed by atoms with Crippen molar-refractivity contribution in [2.24, 2.45) is 0 Å². The molecule has 1 heterocycles. The number of piperidine rings is 1. The molecule has 1 fully saturated rings. The molecular formula is C22H27ClN2O5S. The number of carbonyl (C=O) groups is 1. The number of methoxy groups -OCH3 is 2. The van der Waals surface area contributed by atoms with Crippen LogP contribution in [0.15, 0.2) is 41.3 Å². The minimum atomic E-state index is -3.56. The molecule has 3 rings (SSSR count). The molecular weight excluding hydrogens is 440 g/mol. The third-order valence-corrected chi connectivity index (χ3v) is 7.39. The molecule has 168 valence electrons. The Kier molecular flexibility index (Phi) is 7.80. The van der Waals surface area contributed by atoms with Crippen molar-refractivity contribution in [3.63, 3.8) is 0 Å². The summed E-state index contributed by atoms with van der Waals surface area (Å²) >= 11 is 6.01. The maximum Gasteiger partial charge on any atom is 0.243 e. The van der Waals surface area contributed by atoms with Crippen LogP contribution in [0.1, 0.15) is 31.2 Å². The topological polar surface area (TPSA) is 84.9 Å². The van der Waals surface area contributed by atoms with Crippen LogP contribution in [-0.4, -0.2) is 45.9 Å². The molecule has 0 unspecified atom stereocenters. The van der Waals surface area contributed by atoms with Gasteiger partial charge in [0.05, 0.1) is 24.8 Å². The van der Waals surface area contributed by atoms with Crippen LogP contribution < -0.4 is 14.8 Å². The molecule has 0 spiro atoms. The molecule has 0 aliphatic carbocycles. The smallest absolute Gasteiger partial charge is 0.243 e. The van der Waals surface area contributed by atoms with Crippen LogP contribution in [0.4, 0.5) is 5.69 Å². The van der Waals surface area contributed by atoms with Gasteiger partial charge in [0.15, 0.2) is 0 Å². The number of nitrogens with one attached hydrogen (secondary N) is 1. The number of benzene rings is 2. The Hall–Kier alpha value is -2.29. The van der Waals surface area contributed by atoms with Crippen LogP contribution in [0.3, 0.4) is 0 Å². The maximum atomic E-state index is 13.0. The summed E-state index contributed by atoms with van der Waals surface area (Å²) in [5.74, 6) is 0.808. The summed E-state index contributed by atoms with van der Waals surface area (Å²) in [5, 5.41) is 3.27. The fraction of sp³-hybridized carbons (Fsp3) is 0.409. The first-order valence-corrected chi connectivity index (χ1v) is 12.0. The Bertz CT molecular complexity index is 1040. The minimum absolute atomic E-state index is 0.138. The summed E-state index contributed by atoms with van der Waals surface area (Å²) in [6, 6.07) is 9.78. The van der Waals surface area contributed by atoms with Gasteiger partial charge in [-0.15, -0.1) is 0 Å². The van der Waals surface area contributed by atoms with E-state index in [1.54, 1.807) is 36.4 Å². The van der Waals surface area contributed by atoms with Gasteiger partial charge in [-0.2, -0.15) is 4.31 Å². The van der Waals surface area contributed by atoms with Crippen LogP contribution in [0.25, 0.3) is 0 Å². The third-order valence-electron chi connectivity index (χ3n) is 5.26. The molecule has 0 aromatic heterocycles. The van der Waals surface area contributed by atoms with E-state index in [0.717, 1.165) is 19.3 Å². The molecule has 1 saturated heterocycles. The van der Waals surface area contributed by atoms with Crippen LogP contribution >= 0.6 is 11.6 Å². The van der Waals surface area contributed by atoms with E-state index in [1.165, 1.54) is 18.5 Å². The Morgan fingerprint density at radius 2 is 1.71 bits per heavy atom. The number of amides is 1. The van der Waals surface area contributed by atoms with Gasteiger partial charge in [0, 0.05) is 24.5 Å². The second-order valence-electron chi connectivity index (χ2n) is 7.33. The Balaban J connectivity index is 1.74. The zero-order valence-electron chi connectivity index (χ0n) is 17.7. The molecule has 0 radical (unpaired) electrons. The molecule has 0 bridgehead atoms. The highest BCUT2D eigenvalue weighted by Crippen LogP contribution is 2.29. The van der Waals surface area contributed by atoms with Gasteiger partial charge in [-0.1, -0.05) is 18.0 Å². The SMILES string of the molecule is COc1ccc(S(=O)(=O)N2CCCCC2)cc1CCC(=O)Nc1cc(Cl)ccc1OC. The number of hydrogen-bond acceptors (Lipinski definition) is 5. The van der Waals surface area contributed by atoms with Gasteiger partial charge < -0.3 is 14.8 Å². The molecule has 31 heavy (non-hydrogen) atoms. The highest BCUT2D eigenvalue weighted by molar-refractivity contribution is 7.89. The van der Waals surface area contributed by atoms with Crippen molar-refractivity contribution in [3.8, 4) is 11.5 Å². The highest BCUT2D eigenvalue weighted by atomic mass is 35.5. The van der Waals surface area contributed by atoms with Gasteiger partial charge in [-0.25, -0.2) is 8.42 Å². The first-order valence-electron chi connectivity index (χ1n) is 10.2. The normalized spacial score (nSPS) is 14.8. The van der Waals surface area contributed by atoms with E-state index in [0.29, 0.717) is 47.3 Å². The van der Waals surface area contributed by atoms with E-state index in [-0.39, 0.29) is 17.2 Å². The van der Waals surface area contributed by atoms with Crippen molar-refractivity contribution >= 4 is 33.2 Å². The number of aryl methyl sites for hydroxylation is 1. The lowest BCUT2D eigenvalue weighted by Crippen LogP contribution is -2.35. The molecule has 2 aromatic carbocycles. The highest BCUT2D eigenvalue weighted by Gasteiger charge is 2.26. The fourth-order valence-electron chi connectivity index (χ4n) is 3.60. The number of halogens is 1. The second kappa shape index (κ2) is 10.3. The number of carbonyl (C=O) groups excluding carboxylic acids is 1. The Labute approximate surface area is 188 Å². The monoisotopic (exact) mass is 466 g/mol. The number of rotatable bonds is 8. The number of hydrogen-bond donors (Lipinski definition) is 1. The van der Waals surface area contributed by atoms with Gasteiger partial charge in [-0.05, 0) is 61.2 Å². The van der Waals surface area contributed by atoms with E-state index in [1.807, 2.05) is 0 Å². The standard InChI is InChI=1S/C22H27ClN2O5S/c1-29-20-10-8-18(31(27,28)25-12-4-3-5-13-25)14-16(20)6-11-22(26)24-19-15-17(23)7-9-21(19)30-2/h7-10,14-15H,3-6,11-13H2,1-2H3,(H,24,26). The lowest BCUT2D eigenvalue weighted by atomic mass is 10.1. The summed E-state index contributed by atoms with van der Waals surface area (Å²) < 4.78 is 38.2. The number of ether oxygens (including phenoxy) is 2. The van der Waals surface area contributed by atoms with E-state index in [4.69, 9.17) is 21.1 Å². The number of anilines is 1. The number of sulfonamides is 1. The van der Waals surface area contributed by atoms with Crippen molar-refractivity contribution in [2.45, 2.75) is 37.0 Å². The van der Waals surface area contributed by atoms with Crippen LogP contribution in [0.5, 0.6) is 11.5 Å². The lowest BCUT2D eigenvalue weighted by molar-refractivity contribution is -0.116. The van der Waals surface area contributed by atoms with Gasteiger partial charge >= 0.3 is 0 Å². The average Bonchev–Trinajstić information content (AvgIpc) is 2.78. The Morgan fingerprint density at radius 1 is 1.03 bits per heavy atom. The van der Waals surface area contributed by atoms with E-state index in [9.17, 15) is 13.2 Å². The van der Waals surface area contributed by atoms with Gasteiger partial charge in [0.2, 0.25) is 15.9 Å². The summed E-state index contributed by atoms with van der Waals surface area (Å²) in [5.41, 5.74) is 1.14. The maximum absolute atomic E-state index is 13.0. The average molecular weight is 467 g/mol. The predicted octanol–water partition coefficient (Wildman–Crippen LogP) is 4.10. The van der Waals surface area contributed by atoms with E-state index >= 15 is 0 Å². The van der Waals surface area contributed by atoms with Crippen molar-refractivity contribution in [3.05, 3.63) is 47.0 Å². The summed E-state index contributed by atoms with van der Waals surface area (Å²) in [4.78, 5) is 12.7. The Morgan fingerprint density at radius 3 is 2.39 bits per heavy atom. The van der Waals surface area contributed by atoms with Crippen molar-refractivity contribution in [1.29, 1.82) is 0 Å². The molecule has 1 aliphatic rings. The lowest BCUT2D eigenvalue weighted by Gasteiger charge is -2.26. The van der Waals surface area contributed by atoms with Crippen LogP contribution in [0, 0.1) is 0 Å². The molecule has 1 amide bonds. The summed E-state index contributed by atoms with van der Waals surface area (Å²) in [7, 11) is -0.530. The predicted molar refractivity (Wildman–Crippen MR) is 121 cm³/mol. The third kappa shape index (κ3) is 5.70. The van der Waals surface area contributed by atoms with E-state index < -0.39 is 10.0 Å². The summed E-state index contributed by atoms with van der Waals surface area (Å²) in [6.07, 6.45) is 3.25. The quantitative estimate of drug-likeness (QED) is 0.633. The summed E-state index contributed by atoms with van der Waals surface area (Å²) in [6.45, 7) is 1.07. The molecule has 7 nitrogen and oxygen atoms in total. The van der Waals surface area contributed by atoms with Crippen molar-refractivity contribution < 1.29 is 22.7 Å². The molecule has 9 heteroatoms. The van der Waals surface area contributed by atoms with E-state index in [2.05, 4.69) is 5.32 Å². The molecule has 0 atom stereocenters. The zero-order chi connectivity index (χ0) is 22.4. The first-order chi connectivity index (χ1) is 14.8. The number of nitrogens with zero attached hydrogens (tertiary/aromatic N) is 1. The largest absolute Gasteiger partial charge is 0.496 e. The van der Waals surface area contributed by atoms with Crippen molar-refractivity contribution in [1.82, 2.24) is 4.31 Å². The van der Waals surface area contributed by atoms with Gasteiger partial charge in [0.25, 0.3) is 0 Å².